The molecular formula is C25H21ClFN3O2. The second-order valence-electron chi connectivity index (χ2n) is 7.68. The van der Waals surface area contributed by atoms with Crippen LogP contribution in [0.15, 0.2) is 71.5 Å². The lowest BCUT2D eigenvalue weighted by Gasteiger charge is -2.27. The number of hydrogen-bond donors (Lipinski definition) is 0. The average molecular weight is 450 g/mol. The third-order valence-corrected chi connectivity index (χ3v) is 5.76. The zero-order valence-corrected chi connectivity index (χ0v) is 18.6. The summed E-state index contributed by atoms with van der Waals surface area (Å²) in [4.78, 5) is 32.6. The number of carbonyl (C=O) groups is 1. The van der Waals surface area contributed by atoms with Crippen molar-refractivity contribution in [3.05, 3.63) is 105 Å². The van der Waals surface area contributed by atoms with E-state index in [0.29, 0.717) is 27.4 Å². The Balaban J connectivity index is 1.90. The Bertz CT molecular complexity index is 1380. The summed E-state index contributed by atoms with van der Waals surface area (Å²) in [6, 6.07) is 17.5. The van der Waals surface area contributed by atoms with Crippen molar-refractivity contribution in [1.82, 2.24) is 14.5 Å². The summed E-state index contributed by atoms with van der Waals surface area (Å²) < 4.78 is 15.7. The summed E-state index contributed by atoms with van der Waals surface area (Å²) in [7, 11) is 1.56. The number of amides is 1. The monoisotopic (exact) mass is 449 g/mol. The van der Waals surface area contributed by atoms with E-state index < -0.39 is 17.8 Å². The van der Waals surface area contributed by atoms with Gasteiger partial charge in [0.1, 0.15) is 11.6 Å². The van der Waals surface area contributed by atoms with Crippen molar-refractivity contribution >= 4 is 28.4 Å². The summed E-state index contributed by atoms with van der Waals surface area (Å²) in [5, 5.41) is 0.862. The predicted molar refractivity (Wildman–Crippen MR) is 124 cm³/mol. The van der Waals surface area contributed by atoms with Crippen LogP contribution in [0.5, 0.6) is 0 Å². The Kier molecular flexibility index (Phi) is 5.80. The zero-order valence-electron chi connectivity index (χ0n) is 17.8. The van der Waals surface area contributed by atoms with Crippen LogP contribution in [0.25, 0.3) is 16.6 Å². The minimum absolute atomic E-state index is 0.0464. The van der Waals surface area contributed by atoms with Crippen LogP contribution in [0.2, 0.25) is 5.02 Å². The third kappa shape index (κ3) is 3.89. The van der Waals surface area contributed by atoms with E-state index >= 15 is 0 Å². The van der Waals surface area contributed by atoms with E-state index in [-0.39, 0.29) is 11.1 Å². The Morgan fingerprint density at radius 2 is 1.78 bits per heavy atom. The van der Waals surface area contributed by atoms with E-state index in [0.717, 1.165) is 5.56 Å². The van der Waals surface area contributed by atoms with Crippen LogP contribution >= 0.6 is 11.6 Å². The highest BCUT2D eigenvalue weighted by molar-refractivity contribution is 6.31. The molecule has 32 heavy (non-hydrogen) atoms. The summed E-state index contributed by atoms with van der Waals surface area (Å²) in [5.41, 5.74) is 1.78. The van der Waals surface area contributed by atoms with Gasteiger partial charge in [-0.25, -0.2) is 9.37 Å². The van der Waals surface area contributed by atoms with Crippen molar-refractivity contribution in [2.45, 2.75) is 19.9 Å². The molecule has 1 aromatic heterocycles. The number of aromatic nitrogens is 2. The Morgan fingerprint density at radius 1 is 1.09 bits per heavy atom. The smallest absolute Gasteiger partial charge is 0.266 e. The molecule has 3 aromatic carbocycles. The number of carbonyl (C=O) groups excluding carboxylic acids is 1. The maximum absolute atomic E-state index is 14.2. The second kappa shape index (κ2) is 8.55. The van der Waals surface area contributed by atoms with E-state index in [4.69, 9.17) is 16.6 Å². The van der Waals surface area contributed by atoms with Gasteiger partial charge in [0.15, 0.2) is 0 Å². The van der Waals surface area contributed by atoms with Gasteiger partial charge < -0.3 is 4.90 Å². The molecule has 0 fully saturated rings. The fourth-order valence-corrected chi connectivity index (χ4v) is 3.74. The van der Waals surface area contributed by atoms with Crippen LogP contribution in [0.3, 0.4) is 0 Å². The zero-order chi connectivity index (χ0) is 23.0. The molecule has 0 aliphatic rings. The Labute approximate surface area is 189 Å². The number of fused-ring (bicyclic) bond motifs is 1. The molecule has 162 valence electrons. The number of rotatable bonds is 4. The number of benzene rings is 3. The summed E-state index contributed by atoms with van der Waals surface area (Å²) in [6.07, 6.45) is 0. The Hall–Kier alpha value is -3.51. The van der Waals surface area contributed by atoms with E-state index in [2.05, 4.69) is 0 Å². The fraction of sp³-hybridized carbons (Fsp3) is 0.160. The topological polar surface area (TPSA) is 55.2 Å². The molecule has 7 heteroatoms. The molecule has 0 spiro atoms. The molecule has 1 atom stereocenters. The van der Waals surface area contributed by atoms with Gasteiger partial charge in [0.05, 0.1) is 28.2 Å². The molecule has 1 amide bonds. The van der Waals surface area contributed by atoms with Gasteiger partial charge in [0.2, 0.25) is 0 Å². The maximum atomic E-state index is 14.2. The van der Waals surface area contributed by atoms with Crippen LogP contribution in [0, 0.1) is 12.7 Å². The molecular weight excluding hydrogens is 429 g/mol. The number of halogens is 2. The predicted octanol–water partition coefficient (Wildman–Crippen LogP) is 5.32. The molecule has 0 radical (unpaired) electrons. The molecule has 0 aliphatic heterocycles. The van der Waals surface area contributed by atoms with Gasteiger partial charge >= 0.3 is 0 Å². The van der Waals surface area contributed by atoms with Gasteiger partial charge in [-0.1, -0.05) is 41.4 Å². The molecule has 5 nitrogen and oxygen atoms in total. The van der Waals surface area contributed by atoms with E-state index in [1.807, 2.05) is 31.2 Å². The average Bonchev–Trinajstić information content (AvgIpc) is 2.78. The van der Waals surface area contributed by atoms with Crippen LogP contribution in [0.1, 0.15) is 34.7 Å². The normalized spacial score (nSPS) is 12.0. The molecule has 0 saturated carbocycles. The Morgan fingerprint density at radius 3 is 2.47 bits per heavy atom. The molecule has 0 bridgehead atoms. The quantitative estimate of drug-likeness (QED) is 0.423. The van der Waals surface area contributed by atoms with E-state index in [1.54, 1.807) is 38.2 Å². The van der Waals surface area contributed by atoms with E-state index in [9.17, 15) is 14.0 Å². The molecule has 4 aromatic rings. The van der Waals surface area contributed by atoms with Gasteiger partial charge in [-0.05, 0) is 56.3 Å². The van der Waals surface area contributed by atoms with Crippen molar-refractivity contribution in [3.8, 4) is 5.69 Å². The summed E-state index contributed by atoms with van der Waals surface area (Å²) in [6.45, 7) is 3.71. The first-order valence-electron chi connectivity index (χ1n) is 10.1. The first-order valence-corrected chi connectivity index (χ1v) is 10.5. The molecule has 4 rings (SSSR count). The second-order valence-corrected chi connectivity index (χ2v) is 8.12. The summed E-state index contributed by atoms with van der Waals surface area (Å²) >= 11 is 6.13. The number of aryl methyl sites for hydroxylation is 1. The highest BCUT2D eigenvalue weighted by Gasteiger charge is 2.26. The maximum Gasteiger partial charge on any atom is 0.266 e. The molecule has 0 saturated heterocycles. The van der Waals surface area contributed by atoms with Crippen molar-refractivity contribution in [2.24, 2.45) is 0 Å². The van der Waals surface area contributed by atoms with Gasteiger partial charge in [-0.2, -0.15) is 0 Å². The van der Waals surface area contributed by atoms with Gasteiger partial charge in [0.25, 0.3) is 11.5 Å². The molecule has 0 N–H and O–H groups in total. The van der Waals surface area contributed by atoms with Crippen molar-refractivity contribution < 1.29 is 9.18 Å². The van der Waals surface area contributed by atoms with Crippen molar-refractivity contribution in [1.29, 1.82) is 0 Å². The van der Waals surface area contributed by atoms with Crippen molar-refractivity contribution in [3.63, 3.8) is 0 Å². The fourth-order valence-electron chi connectivity index (χ4n) is 3.57. The lowest BCUT2D eigenvalue weighted by atomic mass is 10.1. The largest absolute Gasteiger partial charge is 0.332 e. The lowest BCUT2D eigenvalue weighted by Crippen LogP contribution is -2.35. The van der Waals surface area contributed by atoms with Crippen LogP contribution < -0.4 is 5.56 Å². The van der Waals surface area contributed by atoms with Crippen LogP contribution in [0.4, 0.5) is 4.39 Å². The molecule has 1 unspecified atom stereocenters. The lowest BCUT2D eigenvalue weighted by molar-refractivity contribution is 0.0730. The molecule has 1 heterocycles. The first-order chi connectivity index (χ1) is 15.3. The van der Waals surface area contributed by atoms with Gasteiger partial charge in [0, 0.05) is 12.1 Å². The van der Waals surface area contributed by atoms with Crippen LogP contribution in [-0.4, -0.2) is 27.4 Å². The number of hydrogen-bond acceptors (Lipinski definition) is 3. The molecule has 0 aliphatic carbocycles. The van der Waals surface area contributed by atoms with Crippen LogP contribution in [-0.2, 0) is 0 Å². The minimum atomic E-state index is -0.639. The third-order valence-electron chi connectivity index (χ3n) is 5.53. The minimum Gasteiger partial charge on any atom is -0.332 e. The highest BCUT2D eigenvalue weighted by Crippen LogP contribution is 2.25. The SMILES string of the molecule is Cc1ccc(-n2c(C(C)N(C)C(=O)c3ccccc3F)nc3cc(Cl)ccc3c2=O)cc1. The standard InChI is InChI=1S/C25H21ClFN3O2/c1-15-8-11-18(12-9-15)30-23(28-22-14-17(26)10-13-20(22)25(30)32)16(2)29(3)24(31)19-6-4-5-7-21(19)27/h4-14,16H,1-3H3. The highest BCUT2D eigenvalue weighted by atomic mass is 35.5. The van der Waals surface area contributed by atoms with E-state index in [1.165, 1.54) is 27.7 Å². The number of nitrogens with zero attached hydrogens (tertiary/aromatic N) is 3. The van der Waals surface area contributed by atoms with Crippen molar-refractivity contribution in [2.75, 3.05) is 7.05 Å². The van der Waals surface area contributed by atoms with Gasteiger partial charge in [-0.15, -0.1) is 0 Å². The first kappa shape index (κ1) is 21.7. The summed E-state index contributed by atoms with van der Waals surface area (Å²) in [5.74, 6) is -0.766. The van der Waals surface area contributed by atoms with Gasteiger partial charge in [-0.3, -0.25) is 14.2 Å².